The Morgan fingerprint density at radius 2 is 2.28 bits per heavy atom. The number of nitrogens with zero attached hydrogens (tertiary/aromatic N) is 2. The van der Waals surface area contributed by atoms with E-state index in [0.717, 1.165) is 12.8 Å². The zero-order valence-corrected chi connectivity index (χ0v) is 10.6. The first-order valence-corrected chi connectivity index (χ1v) is 6.16. The lowest BCUT2D eigenvalue weighted by Crippen LogP contribution is -2.44. The molecule has 1 aliphatic heterocycles. The van der Waals surface area contributed by atoms with Gasteiger partial charge in [0, 0.05) is 19.3 Å². The van der Waals surface area contributed by atoms with E-state index < -0.39 is 0 Å². The number of amides is 2. The van der Waals surface area contributed by atoms with Crippen LogP contribution >= 0.6 is 11.6 Å². The molecule has 0 bridgehead atoms. The van der Waals surface area contributed by atoms with Crippen LogP contribution in [-0.2, 0) is 4.79 Å². The molecule has 0 aliphatic carbocycles. The van der Waals surface area contributed by atoms with E-state index in [9.17, 15) is 9.59 Å². The monoisotopic (exact) mass is 267 g/mol. The molecule has 0 saturated carbocycles. The minimum atomic E-state index is -0.357. The third-order valence-electron chi connectivity index (χ3n) is 3.10. The van der Waals surface area contributed by atoms with Gasteiger partial charge in [-0.25, -0.2) is 4.98 Å². The molecule has 1 atom stereocenters. The number of carbonyl (C=O) groups is 2. The molecule has 0 aromatic carbocycles. The molecule has 2 rings (SSSR count). The standard InChI is InChI=1S/C12H14ClN3O2/c13-10-9(4-1-5-15-10)12(18)16-6-2-3-8(7-16)11(14)17/h1,4-5,8H,2-3,6-7H2,(H2,14,17)/t8-/m0/s1. The summed E-state index contributed by atoms with van der Waals surface area (Å²) in [5.41, 5.74) is 5.65. The van der Waals surface area contributed by atoms with Gasteiger partial charge in [-0.3, -0.25) is 9.59 Å². The van der Waals surface area contributed by atoms with E-state index in [4.69, 9.17) is 17.3 Å². The molecule has 6 heteroatoms. The molecule has 0 spiro atoms. The molecular formula is C12H14ClN3O2. The summed E-state index contributed by atoms with van der Waals surface area (Å²) in [7, 11) is 0. The number of piperidine rings is 1. The van der Waals surface area contributed by atoms with Crippen LogP contribution in [0.1, 0.15) is 23.2 Å². The zero-order chi connectivity index (χ0) is 13.1. The van der Waals surface area contributed by atoms with Gasteiger partial charge in [-0.05, 0) is 25.0 Å². The van der Waals surface area contributed by atoms with Gasteiger partial charge in [0.15, 0.2) is 0 Å². The number of likely N-dealkylation sites (tertiary alicyclic amines) is 1. The molecule has 1 aliphatic rings. The molecule has 2 heterocycles. The largest absolute Gasteiger partial charge is 0.369 e. The normalized spacial score (nSPS) is 19.6. The Hall–Kier alpha value is -1.62. The van der Waals surface area contributed by atoms with Gasteiger partial charge >= 0.3 is 0 Å². The van der Waals surface area contributed by atoms with Crippen molar-refractivity contribution >= 4 is 23.4 Å². The Kier molecular flexibility index (Phi) is 3.81. The van der Waals surface area contributed by atoms with Gasteiger partial charge in [-0.2, -0.15) is 0 Å². The summed E-state index contributed by atoms with van der Waals surface area (Å²) < 4.78 is 0. The fourth-order valence-corrected chi connectivity index (χ4v) is 2.31. The fourth-order valence-electron chi connectivity index (χ4n) is 2.11. The van der Waals surface area contributed by atoms with Crippen molar-refractivity contribution < 1.29 is 9.59 Å². The lowest BCUT2D eigenvalue weighted by molar-refractivity contribution is -0.123. The van der Waals surface area contributed by atoms with Crippen molar-refractivity contribution in [1.82, 2.24) is 9.88 Å². The Labute approximate surface area is 110 Å². The molecule has 1 aromatic rings. The maximum absolute atomic E-state index is 12.2. The van der Waals surface area contributed by atoms with E-state index in [1.54, 1.807) is 17.0 Å². The molecule has 0 unspecified atom stereocenters. The number of pyridine rings is 1. The lowest BCUT2D eigenvalue weighted by Gasteiger charge is -2.31. The number of carbonyl (C=O) groups excluding carboxylic acids is 2. The molecule has 18 heavy (non-hydrogen) atoms. The summed E-state index contributed by atoms with van der Waals surface area (Å²) in [6, 6.07) is 3.29. The van der Waals surface area contributed by atoms with E-state index in [1.165, 1.54) is 6.20 Å². The smallest absolute Gasteiger partial charge is 0.257 e. The van der Waals surface area contributed by atoms with Gasteiger partial charge < -0.3 is 10.6 Å². The number of halogens is 1. The molecule has 0 radical (unpaired) electrons. The fraction of sp³-hybridized carbons (Fsp3) is 0.417. The summed E-state index contributed by atoms with van der Waals surface area (Å²) in [4.78, 5) is 28.9. The summed E-state index contributed by atoms with van der Waals surface area (Å²) in [6.07, 6.45) is 3.04. The molecule has 5 nitrogen and oxygen atoms in total. The van der Waals surface area contributed by atoms with E-state index >= 15 is 0 Å². The van der Waals surface area contributed by atoms with E-state index in [1.807, 2.05) is 0 Å². The topological polar surface area (TPSA) is 76.3 Å². The van der Waals surface area contributed by atoms with E-state index in [0.29, 0.717) is 18.7 Å². The number of aromatic nitrogens is 1. The Balaban J connectivity index is 2.14. The van der Waals surface area contributed by atoms with Crippen molar-refractivity contribution in [2.24, 2.45) is 11.7 Å². The van der Waals surface area contributed by atoms with Crippen LogP contribution in [0.5, 0.6) is 0 Å². The van der Waals surface area contributed by atoms with Crippen molar-refractivity contribution in [3.8, 4) is 0 Å². The molecule has 2 N–H and O–H groups in total. The average Bonchev–Trinajstić information content (AvgIpc) is 2.38. The quantitative estimate of drug-likeness (QED) is 0.815. The van der Waals surface area contributed by atoms with Crippen LogP contribution in [0.4, 0.5) is 0 Å². The van der Waals surface area contributed by atoms with Gasteiger partial charge in [0.25, 0.3) is 5.91 Å². The SMILES string of the molecule is NC(=O)[C@H]1CCCN(C(=O)c2cccnc2Cl)C1. The van der Waals surface area contributed by atoms with Crippen LogP contribution in [0, 0.1) is 5.92 Å². The highest BCUT2D eigenvalue weighted by atomic mass is 35.5. The molecule has 1 fully saturated rings. The van der Waals surface area contributed by atoms with E-state index in [-0.39, 0.29) is 22.9 Å². The Morgan fingerprint density at radius 1 is 1.50 bits per heavy atom. The first kappa shape index (κ1) is 12.8. The van der Waals surface area contributed by atoms with Crippen LogP contribution in [-0.4, -0.2) is 34.8 Å². The van der Waals surface area contributed by atoms with Crippen LogP contribution in [0.3, 0.4) is 0 Å². The highest BCUT2D eigenvalue weighted by Gasteiger charge is 2.28. The highest BCUT2D eigenvalue weighted by molar-refractivity contribution is 6.32. The molecule has 96 valence electrons. The maximum Gasteiger partial charge on any atom is 0.257 e. The third kappa shape index (κ3) is 2.61. The van der Waals surface area contributed by atoms with Crippen molar-refractivity contribution in [3.63, 3.8) is 0 Å². The first-order chi connectivity index (χ1) is 8.59. The number of hydrogen-bond donors (Lipinski definition) is 1. The minimum absolute atomic E-state index is 0.184. The highest BCUT2D eigenvalue weighted by Crippen LogP contribution is 2.20. The molecule has 1 aromatic heterocycles. The summed E-state index contributed by atoms with van der Waals surface area (Å²) >= 11 is 5.89. The average molecular weight is 268 g/mol. The zero-order valence-electron chi connectivity index (χ0n) is 9.80. The summed E-state index contributed by atoms with van der Waals surface area (Å²) in [5.74, 6) is -0.818. The lowest BCUT2D eigenvalue weighted by atomic mass is 9.97. The number of rotatable bonds is 2. The number of hydrogen-bond acceptors (Lipinski definition) is 3. The number of primary amides is 1. The maximum atomic E-state index is 12.2. The van der Waals surface area contributed by atoms with Gasteiger partial charge in [0.05, 0.1) is 11.5 Å². The summed E-state index contributed by atoms with van der Waals surface area (Å²) in [6.45, 7) is 0.979. The van der Waals surface area contributed by atoms with Crippen LogP contribution in [0.2, 0.25) is 5.15 Å². The third-order valence-corrected chi connectivity index (χ3v) is 3.40. The van der Waals surface area contributed by atoms with Gasteiger partial charge in [-0.1, -0.05) is 11.6 Å². The van der Waals surface area contributed by atoms with Crippen molar-refractivity contribution in [3.05, 3.63) is 29.0 Å². The second kappa shape index (κ2) is 5.35. The first-order valence-electron chi connectivity index (χ1n) is 5.78. The minimum Gasteiger partial charge on any atom is -0.369 e. The summed E-state index contributed by atoms with van der Waals surface area (Å²) in [5, 5.41) is 0.184. The van der Waals surface area contributed by atoms with Gasteiger partial charge in [0.2, 0.25) is 5.91 Å². The van der Waals surface area contributed by atoms with Crippen LogP contribution in [0.25, 0.3) is 0 Å². The van der Waals surface area contributed by atoms with Crippen LogP contribution < -0.4 is 5.73 Å². The second-order valence-electron chi connectivity index (χ2n) is 4.33. The molecule has 2 amide bonds. The van der Waals surface area contributed by atoms with Crippen LogP contribution in [0.15, 0.2) is 18.3 Å². The van der Waals surface area contributed by atoms with Crippen molar-refractivity contribution in [1.29, 1.82) is 0 Å². The van der Waals surface area contributed by atoms with Crippen molar-refractivity contribution in [2.75, 3.05) is 13.1 Å². The number of nitrogens with two attached hydrogens (primary N) is 1. The predicted molar refractivity (Wildman–Crippen MR) is 67.1 cm³/mol. The van der Waals surface area contributed by atoms with Crippen molar-refractivity contribution in [2.45, 2.75) is 12.8 Å². The Morgan fingerprint density at radius 3 is 2.94 bits per heavy atom. The van der Waals surface area contributed by atoms with Gasteiger partial charge in [-0.15, -0.1) is 0 Å². The Bertz CT molecular complexity index is 478. The van der Waals surface area contributed by atoms with Gasteiger partial charge in [0.1, 0.15) is 5.15 Å². The predicted octanol–water partition coefficient (Wildman–Crippen LogP) is 1.07. The second-order valence-corrected chi connectivity index (χ2v) is 4.69. The molecule has 1 saturated heterocycles. The van der Waals surface area contributed by atoms with E-state index in [2.05, 4.69) is 4.98 Å². The molecular weight excluding hydrogens is 254 g/mol.